The number of benzene rings is 3. The van der Waals surface area contributed by atoms with E-state index in [4.69, 9.17) is 5.73 Å². The number of nitrogens with two attached hydrogens (primary N) is 1. The van der Waals surface area contributed by atoms with E-state index < -0.39 is 5.91 Å². The summed E-state index contributed by atoms with van der Waals surface area (Å²) in [5.41, 5.74) is 7.12. The maximum Gasteiger partial charge on any atom is 0.248 e. The molecule has 2 amide bonds. The number of carbonyl (C=O) groups excluding carboxylic acids is 2. The molecule has 0 unspecified atom stereocenters. The Hall–Kier alpha value is -3.34. The monoisotopic (exact) mass is 319 g/mol. The molecule has 0 aromatic heterocycles. The van der Waals surface area contributed by atoms with E-state index in [1.807, 2.05) is 42.5 Å². The van der Waals surface area contributed by atoms with Crippen LogP contribution in [0.5, 0.6) is 0 Å². The minimum absolute atomic E-state index is 0.144. The average molecular weight is 319 g/mol. The third-order valence-corrected chi connectivity index (χ3v) is 3.68. The second-order valence-electron chi connectivity index (χ2n) is 5.37. The molecular weight excluding hydrogens is 302 g/mol. The molecule has 0 saturated heterocycles. The number of primary amides is 1. The maximum absolute atomic E-state index is 12.1. The van der Waals surface area contributed by atoms with Gasteiger partial charge in [-0.25, -0.2) is 0 Å². The highest BCUT2D eigenvalue weighted by Crippen LogP contribution is 2.22. The molecule has 0 atom stereocenters. The summed E-state index contributed by atoms with van der Waals surface area (Å²) in [5, 5.41) is 8.11. The third-order valence-electron chi connectivity index (χ3n) is 3.68. The van der Waals surface area contributed by atoms with E-state index in [1.54, 1.807) is 24.3 Å². The topological polar surface area (TPSA) is 84.2 Å². The highest BCUT2D eigenvalue weighted by Gasteiger charge is 2.05. The summed E-state index contributed by atoms with van der Waals surface area (Å²) in [5.74, 6) is -0.666. The Bertz CT molecular complexity index is 883. The normalized spacial score (nSPS) is 10.3. The molecule has 0 fully saturated rings. The van der Waals surface area contributed by atoms with Gasteiger partial charge in [-0.1, -0.05) is 36.4 Å². The predicted molar refractivity (Wildman–Crippen MR) is 96.0 cm³/mol. The molecule has 0 saturated carbocycles. The van der Waals surface area contributed by atoms with Crippen molar-refractivity contribution in [1.82, 2.24) is 0 Å². The highest BCUT2D eigenvalue weighted by atomic mass is 16.2. The molecule has 0 spiro atoms. The largest absolute Gasteiger partial charge is 0.376 e. The Morgan fingerprint density at radius 1 is 0.875 bits per heavy atom. The zero-order valence-corrected chi connectivity index (χ0v) is 13.0. The van der Waals surface area contributed by atoms with Crippen LogP contribution < -0.4 is 16.4 Å². The van der Waals surface area contributed by atoms with Crippen molar-refractivity contribution in [1.29, 1.82) is 0 Å². The molecule has 120 valence electrons. The lowest BCUT2D eigenvalue weighted by Gasteiger charge is -2.10. The van der Waals surface area contributed by atoms with Gasteiger partial charge in [-0.15, -0.1) is 0 Å². The van der Waals surface area contributed by atoms with E-state index in [1.165, 1.54) is 0 Å². The molecule has 5 heteroatoms. The molecule has 0 aliphatic carbocycles. The van der Waals surface area contributed by atoms with E-state index in [2.05, 4.69) is 10.6 Å². The first-order valence-electron chi connectivity index (χ1n) is 7.55. The molecule has 0 bridgehead atoms. The van der Waals surface area contributed by atoms with Crippen molar-refractivity contribution in [2.45, 2.75) is 0 Å². The van der Waals surface area contributed by atoms with Crippen LogP contribution in [0.4, 0.5) is 11.4 Å². The fourth-order valence-electron chi connectivity index (χ4n) is 2.48. The van der Waals surface area contributed by atoms with Gasteiger partial charge in [-0.2, -0.15) is 0 Å². The Balaban J connectivity index is 1.64. The van der Waals surface area contributed by atoms with Gasteiger partial charge in [0.25, 0.3) is 0 Å². The summed E-state index contributed by atoms with van der Waals surface area (Å²) < 4.78 is 0. The number of carbonyl (C=O) groups is 2. The highest BCUT2D eigenvalue weighted by molar-refractivity contribution is 5.98. The lowest BCUT2D eigenvalue weighted by atomic mass is 10.1. The second kappa shape index (κ2) is 6.83. The number of rotatable bonds is 5. The van der Waals surface area contributed by atoms with Crippen LogP contribution in [0.1, 0.15) is 10.4 Å². The summed E-state index contributed by atoms with van der Waals surface area (Å²) in [4.78, 5) is 23.1. The average Bonchev–Trinajstić information content (AvgIpc) is 2.60. The quantitative estimate of drug-likeness (QED) is 0.676. The van der Waals surface area contributed by atoms with Crippen LogP contribution in [0.25, 0.3) is 10.8 Å². The number of amides is 2. The maximum atomic E-state index is 12.1. The van der Waals surface area contributed by atoms with E-state index in [9.17, 15) is 9.59 Å². The molecule has 3 aromatic carbocycles. The van der Waals surface area contributed by atoms with Gasteiger partial charge in [-0.05, 0) is 35.7 Å². The lowest BCUT2D eigenvalue weighted by molar-refractivity contribution is -0.114. The lowest BCUT2D eigenvalue weighted by Crippen LogP contribution is -2.22. The van der Waals surface area contributed by atoms with Crippen LogP contribution in [0, 0.1) is 0 Å². The Morgan fingerprint density at radius 2 is 1.58 bits per heavy atom. The van der Waals surface area contributed by atoms with Gasteiger partial charge in [0.15, 0.2) is 0 Å². The van der Waals surface area contributed by atoms with E-state index >= 15 is 0 Å². The zero-order chi connectivity index (χ0) is 16.9. The van der Waals surface area contributed by atoms with E-state index in [-0.39, 0.29) is 12.5 Å². The molecule has 24 heavy (non-hydrogen) atoms. The van der Waals surface area contributed by atoms with E-state index in [0.29, 0.717) is 11.3 Å². The first-order chi connectivity index (χ1) is 11.6. The van der Waals surface area contributed by atoms with Gasteiger partial charge in [0.05, 0.1) is 6.54 Å². The van der Waals surface area contributed by atoms with Gasteiger partial charge in [0.2, 0.25) is 11.8 Å². The van der Waals surface area contributed by atoms with Crippen molar-refractivity contribution in [3.05, 3.63) is 72.3 Å². The molecule has 5 nitrogen and oxygen atoms in total. The van der Waals surface area contributed by atoms with Crippen LogP contribution in [-0.2, 0) is 4.79 Å². The van der Waals surface area contributed by atoms with Crippen LogP contribution in [0.3, 0.4) is 0 Å². The van der Waals surface area contributed by atoms with Crippen molar-refractivity contribution in [3.8, 4) is 0 Å². The fourth-order valence-corrected chi connectivity index (χ4v) is 2.48. The van der Waals surface area contributed by atoms with Crippen molar-refractivity contribution < 1.29 is 9.59 Å². The van der Waals surface area contributed by atoms with Gasteiger partial charge in [0, 0.05) is 22.3 Å². The van der Waals surface area contributed by atoms with Gasteiger partial charge in [0.1, 0.15) is 0 Å². The fraction of sp³-hybridized carbons (Fsp3) is 0.0526. The molecular formula is C19H17N3O2. The number of hydrogen-bond acceptors (Lipinski definition) is 3. The summed E-state index contributed by atoms with van der Waals surface area (Å²) in [6.07, 6.45) is 0. The van der Waals surface area contributed by atoms with Gasteiger partial charge >= 0.3 is 0 Å². The Morgan fingerprint density at radius 3 is 2.33 bits per heavy atom. The predicted octanol–water partition coefficient (Wildman–Crippen LogP) is 2.99. The number of hydrogen-bond donors (Lipinski definition) is 3. The van der Waals surface area contributed by atoms with Crippen LogP contribution in [0.15, 0.2) is 66.7 Å². The number of anilines is 2. The first-order valence-corrected chi connectivity index (χ1v) is 7.55. The molecule has 0 aliphatic rings. The smallest absolute Gasteiger partial charge is 0.248 e. The van der Waals surface area contributed by atoms with E-state index in [0.717, 1.165) is 16.5 Å². The van der Waals surface area contributed by atoms with Gasteiger partial charge in [-0.3, -0.25) is 9.59 Å². The first kappa shape index (κ1) is 15.6. The minimum Gasteiger partial charge on any atom is -0.376 e. The molecule has 3 rings (SSSR count). The molecule has 0 aliphatic heterocycles. The van der Waals surface area contributed by atoms with Crippen molar-refractivity contribution in [3.63, 3.8) is 0 Å². The zero-order valence-electron chi connectivity index (χ0n) is 13.0. The number of fused-ring (bicyclic) bond motifs is 1. The molecule has 4 N–H and O–H groups in total. The summed E-state index contributed by atoms with van der Waals surface area (Å²) in [6, 6.07) is 20.4. The summed E-state index contributed by atoms with van der Waals surface area (Å²) in [7, 11) is 0. The SMILES string of the molecule is NC(=O)c1ccc(NC(=O)CNc2cccc3ccccc23)cc1. The third kappa shape index (κ3) is 3.52. The van der Waals surface area contributed by atoms with Crippen molar-refractivity contribution >= 4 is 34.0 Å². The molecule has 0 heterocycles. The Labute approximate surface area is 139 Å². The van der Waals surface area contributed by atoms with Crippen molar-refractivity contribution in [2.24, 2.45) is 5.73 Å². The van der Waals surface area contributed by atoms with Crippen molar-refractivity contribution in [2.75, 3.05) is 17.2 Å². The molecule has 3 aromatic rings. The number of nitrogens with one attached hydrogen (secondary N) is 2. The summed E-state index contributed by atoms with van der Waals surface area (Å²) in [6.45, 7) is 0.144. The van der Waals surface area contributed by atoms with Crippen LogP contribution in [-0.4, -0.2) is 18.4 Å². The van der Waals surface area contributed by atoms with Crippen LogP contribution >= 0.6 is 0 Å². The van der Waals surface area contributed by atoms with Gasteiger partial charge < -0.3 is 16.4 Å². The minimum atomic E-state index is -0.495. The molecule has 0 radical (unpaired) electrons. The second-order valence-corrected chi connectivity index (χ2v) is 5.37. The summed E-state index contributed by atoms with van der Waals surface area (Å²) >= 11 is 0. The van der Waals surface area contributed by atoms with Crippen LogP contribution in [0.2, 0.25) is 0 Å². The Kier molecular flexibility index (Phi) is 4.43. The standard InChI is InChI=1S/C19H17N3O2/c20-19(24)14-8-10-15(11-9-14)22-18(23)12-21-17-7-3-5-13-4-1-2-6-16(13)17/h1-11,21H,12H2,(H2,20,24)(H,22,23).